The van der Waals surface area contributed by atoms with Crippen LogP contribution in [0.25, 0.3) is 0 Å². The Kier molecular flexibility index (Phi) is 2.20. The van der Waals surface area contributed by atoms with Gasteiger partial charge in [-0.05, 0) is 30.3 Å². The third-order valence-corrected chi connectivity index (χ3v) is 2.79. The molecule has 68 valence electrons. The summed E-state index contributed by atoms with van der Waals surface area (Å²) >= 11 is 0. The topological polar surface area (TPSA) is 0 Å². The van der Waals surface area contributed by atoms with E-state index in [2.05, 4.69) is 41.2 Å². The van der Waals surface area contributed by atoms with Crippen LogP contribution in [0.1, 0.15) is 41.0 Å². The molecule has 0 saturated carbocycles. The molecule has 0 saturated heterocycles. The van der Waals surface area contributed by atoms with Crippen LogP contribution in [0, 0.1) is 11.3 Å². The molecule has 0 heteroatoms. The Labute approximate surface area is 76.4 Å². The second-order valence-electron chi connectivity index (χ2n) is 5.00. The van der Waals surface area contributed by atoms with Gasteiger partial charge >= 0.3 is 0 Å². The van der Waals surface area contributed by atoms with Crippen LogP contribution in [0.15, 0.2) is 23.3 Å². The maximum atomic E-state index is 4.09. The highest BCUT2D eigenvalue weighted by molar-refractivity contribution is 5.41. The van der Waals surface area contributed by atoms with Gasteiger partial charge in [-0.25, -0.2) is 0 Å². The Balaban J connectivity index is 3.09. The highest BCUT2D eigenvalue weighted by Gasteiger charge is 2.30. The lowest BCUT2D eigenvalue weighted by Gasteiger charge is -2.25. The maximum absolute atomic E-state index is 4.09. The Morgan fingerprint density at radius 3 is 2.00 bits per heavy atom. The maximum Gasteiger partial charge on any atom is -0.0164 e. The van der Waals surface area contributed by atoms with Gasteiger partial charge in [-0.3, -0.25) is 0 Å². The van der Waals surface area contributed by atoms with Gasteiger partial charge in [0.2, 0.25) is 0 Å². The van der Waals surface area contributed by atoms with Gasteiger partial charge in [-0.15, -0.1) is 0 Å². The standard InChI is InChI=1S/C12H20/c1-8-7-9(2)11(10(8)3)12(4,5)6/h9H,1,7H2,2-6H3. The monoisotopic (exact) mass is 164 g/mol. The van der Waals surface area contributed by atoms with Crippen molar-refractivity contribution in [1.29, 1.82) is 0 Å². The van der Waals surface area contributed by atoms with Crippen LogP contribution in [0.3, 0.4) is 0 Å². The number of allylic oxidation sites excluding steroid dienone is 3. The predicted octanol–water partition coefficient (Wildman–Crippen LogP) is 3.95. The van der Waals surface area contributed by atoms with E-state index in [0.717, 1.165) is 0 Å². The van der Waals surface area contributed by atoms with Crippen LogP contribution < -0.4 is 0 Å². The quantitative estimate of drug-likeness (QED) is 0.508. The fourth-order valence-corrected chi connectivity index (χ4v) is 2.49. The van der Waals surface area contributed by atoms with E-state index in [9.17, 15) is 0 Å². The summed E-state index contributed by atoms with van der Waals surface area (Å²) in [6.07, 6.45) is 1.17. The molecular weight excluding hydrogens is 144 g/mol. The van der Waals surface area contributed by atoms with Crippen molar-refractivity contribution in [1.82, 2.24) is 0 Å². The second kappa shape index (κ2) is 2.76. The van der Waals surface area contributed by atoms with Crippen LogP contribution in [-0.2, 0) is 0 Å². The minimum atomic E-state index is 0.322. The van der Waals surface area contributed by atoms with Gasteiger partial charge in [0.25, 0.3) is 0 Å². The molecule has 0 fully saturated rings. The third-order valence-electron chi connectivity index (χ3n) is 2.79. The van der Waals surface area contributed by atoms with Gasteiger partial charge in [-0.2, -0.15) is 0 Å². The fourth-order valence-electron chi connectivity index (χ4n) is 2.49. The zero-order valence-corrected chi connectivity index (χ0v) is 8.99. The molecule has 0 nitrogen and oxygen atoms in total. The Morgan fingerprint density at radius 2 is 1.83 bits per heavy atom. The number of hydrogen-bond donors (Lipinski definition) is 0. The van der Waals surface area contributed by atoms with E-state index in [1.807, 2.05) is 0 Å². The Morgan fingerprint density at radius 1 is 1.33 bits per heavy atom. The minimum Gasteiger partial charge on any atom is -0.0955 e. The Hall–Kier alpha value is -0.520. The van der Waals surface area contributed by atoms with Crippen molar-refractivity contribution in [3.8, 4) is 0 Å². The van der Waals surface area contributed by atoms with Crippen molar-refractivity contribution in [3.05, 3.63) is 23.3 Å². The molecule has 1 aliphatic carbocycles. The van der Waals surface area contributed by atoms with Gasteiger partial charge in [0.05, 0.1) is 0 Å². The smallest absolute Gasteiger partial charge is 0.0164 e. The van der Waals surface area contributed by atoms with Gasteiger partial charge in [-0.1, -0.05) is 45.4 Å². The summed E-state index contributed by atoms with van der Waals surface area (Å²) in [5, 5.41) is 0. The third kappa shape index (κ3) is 1.48. The second-order valence-corrected chi connectivity index (χ2v) is 5.00. The van der Waals surface area contributed by atoms with E-state index in [4.69, 9.17) is 0 Å². The van der Waals surface area contributed by atoms with Gasteiger partial charge < -0.3 is 0 Å². The molecule has 0 amide bonds. The fraction of sp³-hybridized carbons (Fsp3) is 0.667. The predicted molar refractivity (Wildman–Crippen MR) is 55.1 cm³/mol. The highest BCUT2D eigenvalue weighted by atomic mass is 14.3. The molecule has 0 aromatic carbocycles. The summed E-state index contributed by atoms with van der Waals surface area (Å²) in [6.45, 7) is 15.5. The molecule has 0 heterocycles. The summed E-state index contributed by atoms with van der Waals surface area (Å²) < 4.78 is 0. The molecule has 0 spiro atoms. The first kappa shape index (κ1) is 9.57. The van der Waals surface area contributed by atoms with Crippen LogP contribution in [-0.4, -0.2) is 0 Å². The molecule has 0 aromatic heterocycles. The molecule has 1 atom stereocenters. The molecule has 0 bridgehead atoms. The zero-order valence-electron chi connectivity index (χ0n) is 8.99. The van der Waals surface area contributed by atoms with Crippen LogP contribution >= 0.6 is 0 Å². The molecule has 1 rings (SSSR count). The summed E-state index contributed by atoms with van der Waals surface area (Å²) in [6, 6.07) is 0. The number of hydrogen-bond acceptors (Lipinski definition) is 0. The van der Waals surface area contributed by atoms with E-state index in [1.54, 1.807) is 5.57 Å². The van der Waals surface area contributed by atoms with Crippen molar-refractivity contribution < 1.29 is 0 Å². The molecule has 0 aromatic rings. The molecule has 0 aliphatic heterocycles. The highest BCUT2D eigenvalue weighted by Crippen LogP contribution is 2.44. The molecule has 1 aliphatic rings. The molecule has 0 N–H and O–H groups in total. The van der Waals surface area contributed by atoms with Crippen molar-refractivity contribution in [2.45, 2.75) is 41.0 Å². The summed E-state index contributed by atoms with van der Waals surface area (Å²) in [4.78, 5) is 0. The first-order valence-corrected chi connectivity index (χ1v) is 4.73. The SMILES string of the molecule is C=C1CC(C)C(C(C)(C)C)=C1C. The van der Waals surface area contributed by atoms with Crippen molar-refractivity contribution in [3.63, 3.8) is 0 Å². The molecule has 12 heavy (non-hydrogen) atoms. The van der Waals surface area contributed by atoms with Gasteiger partial charge in [0.1, 0.15) is 0 Å². The minimum absolute atomic E-state index is 0.322. The summed E-state index contributed by atoms with van der Waals surface area (Å²) in [7, 11) is 0. The molecule has 0 radical (unpaired) electrons. The van der Waals surface area contributed by atoms with Crippen LogP contribution in [0.5, 0.6) is 0 Å². The summed E-state index contributed by atoms with van der Waals surface area (Å²) in [5.41, 5.74) is 4.72. The van der Waals surface area contributed by atoms with E-state index in [0.29, 0.717) is 11.3 Å². The lowest BCUT2D eigenvalue weighted by molar-refractivity contribution is 0.444. The first-order chi connectivity index (χ1) is 5.34. The van der Waals surface area contributed by atoms with Crippen LogP contribution in [0.2, 0.25) is 0 Å². The largest absolute Gasteiger partial charge is 0.0955 e. The molecule has 1 unspecified atom stereocenters. The Bertz CT molecular complexity index is 235. The van der Waals surface area contributed by atoms with E-state index >= 15 is 0 Å². The van der Waals surface area contributed by atoms with Crippen molar-refractivity contribution >= 4 is 0 Å². The van der Waals surface area contributed by atoms with Gasteiger partial charge in [0, 0.05) is 0 Å². The van der Waals surface area contributed by atoms with Gasteiger partial charge in [0.15, 0.2) is 0 Å². The average Bonchev–Trinajstić information content (AvgIpc) is 2.05. The van der Waals surface area contributed by atoms with E-state index in [-0.39, 0.29) is 0 Å². The number of rotatable bonds is 0. The zero-order chi connectivity index (χ0) is 9.52. The molecular formula is C12H20. The average molecular weight is 164 g/mol. The van der Waals surface area contributed by atoms with Crippen molar-refractivity contribution in [2.24, 2.45) is 11.3 Å². The van der Waals surface area contributed by atoms with E-state index < -0.39 is 0 Å². The van der Waals surface area contributed by atoms with Crippen LogP contribution in [0.4, 0.5) is 0 Å². The lowest BCUT2D eigenvalue weighted by Crippen LogP contribution is -2.13. The summed E-state index contributed by atoms with van der Waals surface area (Å²) in [5.74, 6) is 0.706. The normalized spacial score (nSPS) is 25.4. The van der Waals surface area contributed by atoms with E-state index in [1.165, 1.54) is 17.6 Å². The first-order valence-electron chi connectivity index (χ1n) is 4.73. The lowest BCUT2D eigenvalue weighted by atomic mass is 9.80. The van der Waals surface area contributed by atoms with Crippen molar-refractivity contribution in [2.75, 3.05) is 0 Å².